The van der Waals surface area contributed by atoms with Crippen LogP contribution < -0.4 is 5.73 Å². The molecule has 2 aromatic rings. The summed E-state index contributed by atoms with van der Waals surface area (Å²) in [5.74, 6) is 0.926. The van der Waals surface area contributed by atoms with Gasteiger partial charge in [-0.25, -0.2) is 0 Å². The summed E-state index contributed by atoms with van der Waals surface area (Å²) in [5.41, 5.74) is 8.87. The zero-order valence-corrected chi connectivity index (χ0v) is 13.4. The lowest BCUT2D eigenvalue weighted by Gasteiger charge is -2.46. The molecule has 1 fully saturated rings. The molecule has 1 saturated carbocycles. The van der Waals surface area contributed by atoms with E-state index in [1.165, 1.54) is 24.8 Å². The summed E-state index contributed by atoms with van der Waals surface area (Å²) in [4.78, 5) is 2.32. The number of nitrogens with zero attached hydrogens (tertiary/aromatic N) is 1. The van der Waals surface area contributed by atoms with Gasteiger partial charge < -0.3 is 15.1 Å². The molecule has 1 aromatic carbocycles. The number of benzene rings is 1. The Morgan fingerprint density at radius 1 is 1.19 bits per heavy atom. The van der Waals surface area contributed by atoms with Gasteiger partial charge in [-0.2, -0.15) is 0 Å². The largest absolute Gasteiger partial charge is 0.459 e. The molecule has 1 aliphatic rings. The number of likely N-dealkylation sites (N-methyl/N-ethyl adjacent to an activating group) is 1. The number of nitrogens with two attached hydrogens (primary N) is 1. The van der Waals surface area contributed by atoms with Crippen LogP contribution in [0.3, 0.4) is 0 Å². The van der Waals surface area contributed by atoms with Crippen LogP contribution in [0, 0.1) is 6.92 Å². The summed E-state index contributed by atoms with van der Waals surface area (Å²) in [7, 11) is 4.30. The van der Waals surface area contributed by atoms with Crippen molar-refractivity contribution in [1.29, 1.82) is 0 Å². The number of hydrogen-bond acceptors (Lipinski definition) is 3. The van der Waals surface area contributed by atoms with Gasteiger partial charge in [-0.3, -0.25) is 0 Å². The molecule has 0 radical (unpaired) electrons. The van der Waals surface area contributed by atoms with E-state index in [0.29, 0.717) is 0 Å². The maximum atomic E-state index is 6.68. The Bertz CT molecular complexity index is 623. The summed E-state index contributed by atoms with van der Waals surface area (Å²) >= 11 is 0. The Balaban J connectivity index is 2.01. The fraction of sp³-hybridized carbons (Fsp3) is 0.556. The van der Waals surface area contributed by atoms with Crippen LogP contribution in [0.25, 0.3) is 11.0 Å². The van der Waals surface area contributed by atoms with Gasteiger partial charge >= 0.3 is 0 Å². The van der Waals surface area contributed by atoms with Gasteiger partial charge in [-0.05, 0) is 45.5 Å². The number of para-hydroxylation sites is 1. The lowest BCUT2D eigenvalue weighted by Crippen LogP contribution is -2.53. The van der Waals surface area contributed by atoms with E-state index in [4.69, 9.17) is 10.2 Å². The minimum atomic E-state index is -0.0698. The molecule has 1 unspecified atom stereocenters. The fourth-order valence-corrected chi connectivity index (χ4v) is 3.85. The first-order valence-electron chi connectivity index (χ1n) is 7.97. The van der Waals surface area contributed by atoms with E-state index in [1.807, 2.05) is 0 Å². The Morgan fingerprint density at radius 3 is 2.52 bits per heavy atom. The summed E-state index contributed by atoms with van der Waals surface area (Å²) in [6.07, 6.45) is 6.13. The predicted molar refractivity (Wildman–Crippen MR) is 87.4 cm³/mol. The molecule has 1 aromatic heterocycles. The topological polar surface area (TPSA) is 42.4 Å². The van der Waals surface area contributed by atoms with Crippen LogP contribution in [-0.2, 0) is 0 Å². The van der Waals surface area contributed by atoms with Gasteiger partial charge in [0.15, 0.2) is 0 Å². The van der Waals surface area contributed by atoms with Crippen molar-refractivity contribution in [2.45, 2.75) is 50.6 Å². The minimum Gasteiger partial charge on any atom is -0.459 e. The Labute approximate surface area is 127 Å². The summed E-state index contributed by atoms with van der Waals surface area (Å²) in [6, 6.07) is 8.33. The van der Waals surface area contributed by atoms with E-state index in [0.717, 1.165) is 29.6 Å². The highest BCUT2D eigenvalue weighted by molar-refractivity contribution is 5.81. The van der Waals surface area contributed by atoms with E-state index in [-0.39, 0.29) is 11.6 Å². The van der Waals surface area contributed by atoms with E-state index in [2.05, 4.69) is 50.2 Å². The zero-order valence-electron chi connectivity index (χ0n) is 13.4. The number of hydrogen-bond donors (Lipinski definition) is 1. The number of furan rings is 1. The van der Waals surface area contributed by atoms with Crippen molar-refractivity contribution in [3.05, 3.63) is 35.6 Å². The first-order valence-corrected chi connectivity index (χ1v) is 7.97. The molecule has 1 aliphatic carbocycles. The number of rotatable bonds is 3. The van der Waals surface area contributed by atoms with Gasteiger partial charge in [0, 0.05) is 10.9 Å². The van der Waals surface area contributed by atoms with Crippen LogP contribution >= 0.6 is 0 Å². The van der Waals surface area contributed by atoms with Crippen molar-refractivity contribution in [3.63, 3.8) is 0 Å². The molecule has 21 heavy (non-hydrogen) atoms. The highest BCUT2D eigenvalue weighted by Gasteiger charge is 2.42. The standard InChI is InChI=1S/C18H26N2O/c1-13-8-7-9-14-12-15(21-16(13)14)17(19)18(20(2)3)10-5-4-6-11-18/h7-9,12,17H,4-6,10-11,19H2,1-3H3. The van der Waals surface area contributed by atoms with Crippen molar-refractivity contribution in [2.75, 3.05) is 14.1 Å². The molecular weight excluding hydrogens is 260 g/mol. The third-order valence-electron chi connectivity index (χ3n) is 5.26. The highest BCUT2D eigenvalue weighted by Crippen LogP contribution is 2.42. The third-order valence-corrected chi connectivity index (χ3v) is 5.26. The molecule has 0 saturated heterocycles. The molecule has 1 heterocycles. The average Bonchev–Trinajstić information content (AvgIpc) is 2.92. The second kappa shape index (κ2) is 5.47. The van der Waals surface area contributed by atoms with Crippen LogP contribution in [-0.4, -0.2) is 24.5 Å². The third kappa shape index (κ3) is 2.39. The molecule has 0 aliphatic heterocycles. The van der Waals surface area contributed by atoms with E-state index in [9.17, 15) is 0 Å². The Kier molecular flexibility index (Phi) is 3.80. The average molecular weight is 286 g/mol. The van der Waals surface area contributed by atoms with Crippen molar-refractivity contribution in [3.8, 4) is 0 Å². The summed E-state index contributed by atoms with van der Waals surface area (Å²) in [6.45, 7) is 2.09. The smallest absolute Gasteiger partial charge is 0.137 e. The Hall–Kier alpha value is -1.32. The molecule has 0 amide bonds. The number of aryl methyl sites for hydroxylation is 1. The van der Waals surface area contributed by atoms with Gasteiger partial charge in [-0.1, -0.05) is 37.5 Å². The van der Waals surface area contributed by atoms with Gasteiger partial charge in [-0.15, -0.1) is 0 Å². The minimum absolute atomic E-state index is 0.0278. The van der Waals surface area contributed by atoms with Crippen LogP contribution in [0.2, 0.25) is 0 Å². The molecule has 1 atom stereocenters. The monoisotopic (exact) mass is 286 g/mol. The lowest BCUT2D eigenvalue weighted by molar-refractivity contribution is 0.0641. The first kappa shape index (κ1) is 14.6. The van der Waals surface area contributed by atoms with Crippen LogP contribution in [0.4, 0.5) is 0 Å². The maximum absolute atomic E-state index is 6.68. The fourth-order valence-electron chi connectivity index (χ4n) is 3.85. The van der Waals surface area contributed by atoms with E-state index in [1.54, 1.807) is 0 Å². The molecule has 0 spiro atoms. The van der Waals surface area contributed by atoms with E-state index >= 15 is 0 Å². The second-order valence-electron chi connectivity index (χ2n) is 6.68. The summed E-state index contributed by atoms with van der Waals surface area (Å²) < 4.78 is 6.14. The van der Waals surface area contributed by atoms with Crippen molar-refractivity contribution in [1.82, 2.24) is 4.90 Å². The zero-order chi connectivity index (χ0) is 15.0. The number of fused-ring (bicyclic) bond motifs is 1. The highest BCUT2D eigenvalue weighted by atomic mass is 16.3. The van der Waals surface area contributed by atoms with Gasteiger partial charge in [0.25, 0.3) is 0 Å². The molecule has 114 valence electrons. The first-order chi connectivity index (χ1) is 10.0. The Morgan fingerprint density at radius 2 is 1.90 bits per heavy atom. The predicted octanol–water partition coefficient (Wildman–Crippen LogP) is 4.01. The molecule has 2 N–H and O–H groups in total. The van der Waals surface area contributed by atoms with Crippen LogP contribution in [0.1, 0.15) is 49.5 Å². The SMILES string of the molecule is Cc1cccc2cc(C(N)C3(N(C)C)CCCCC3)oc12. The maximum Gasteiger partial charge on any atom is 0.137 e. The van der Waals surface area contributed by atoms with E-state index < -0.39 is 0 Å². The summed E-state index contributed by atoms with van der Waals surface area (Å²) in [5, 5.41) is 1.16. The molecule has 3 heteroatoms. The normalized spacial score (nSPS) is 20.0. The molecule has 3 nitrogen and oxygen atoms in total. The lowest BCUT2D eigenvalue weighted by atomic mass is 9.75. The van der Waals surface area contributed by atoms with Crippen molar-refractivity contribution < 1.29 is 4.42 Å². The van der Waals surface area contributed by atoms with Crippen molar-refractivity contribution >= 4 is 11.0 Å². The van der Waals surface area contributed by atoms with Crippen LogP contribution in [0.15, 0.2) is 28.7 Å². The molecule has 0 bridgehead atoms. The van der Waals surface area contributed by atoms with Gasteiger partial charge in [0.2, 0.25) is 0 Å². The molecular formula is C18H26N2O. The van der Waals surface area contributed by atoms with Crippen LogP contribution in [0.5, 0.6) is 0 Å². The van der Waals surface area contributed by atoms with Gasteiger partial charge in [0.05, 0.1) is 6.04 Å². The van der Waals surface area contributed by atoms with Crippen molar-refractivity contribution in [2.24, 2.45) is 5.73 Å². The van der Waals surface area contributed by atoms with Gasteiger partial charge in [0.1, 0.15) is 11.3 Å². The second-order valence-corrected chi connectivity index (χ2v) is 6.68. The quantitative estimate of drug-likeness (QED) is 0.927. The molecule has 3 rings (SSSR count).